The molecule has 0 bridgehead atoms. The van der Waals surface area contributed by atoms with Gasteiger partial charge in [-0.25, -0.2) is 4.39 Å². The topological polar surface area (TPSA) is 96.5 Å². The van der Waals surface area contributed by atoms with E-state index in [0.29, 0.717) is 32.8 Å². The summed E-state index contributed by atoms with van der Waals surface area (Å²) in [6, 6.07) is 25.9. The van der Waals surface area contributed by atoms with Gasteiger partial charge in [0.05, 0.1) is 23.9 Å². The zero-order chi connectivity index (χ0) is 30.0. The molecular weight excluding hydrogens is 567 g/mol. The number of amides is 2. The molecule has 0 aliphatic carbocycles. The number of ether oxygens (including phenoxy) is 1. The first-order chi connectivity index (χ1) is 20.9. The summed E-state index contributed by atoms with van der Waals surface area (Å²) < 4.78 is 24.4. The minimum Gasteiger partial charge on any atom is -0.483 e. The van der Waals surface area contributed by atoms with E-state index in [1.54, 1.807) is 48.9 Å². The lowest BCUT2D eigenvalue weighted by atomic mass is 10.1. The van der Waals surface area contributed by atoms with Gasteiger partial charge >= 0.3 is 0 Å². The molecule has 5 rings (SSSR count). The van der Waals surface area contributed by atoms with Gasteiger partial charge in [0.2, 0.25) is 0 Å². The fourth-order valence-corrected chi connectivity index (χ4v) is 4.97. The van der Waals surface area contributed by atoms with Crippen molar-refractivity contribution in [2.24, 2.45) is 10.2 Å². The average Bonchev–Trinajstić information content (AvgIpc) is 3.63. The highest BCUT2D eigenvalue weighted by Gasteiger charge is 2.34. The monoisotopic (exact) mass is 594 g/mol. The third kappa shape index (κ3) is 8.17. The number of furan rings is 1. The van der Waals surface area contributed by atoms with Crippen molar-refractivity contribution in [2.75, 3.05) is 11.9 Å². The van der Waals surface area contributed by atoms with Crippen LogP contribution in [0.5, 0.6) is 5.75 Å². The van der Waals surface area contributed by atoms with Crippen molar-refractivity contribution >= 4 is 52.8 Å². The Morgan fingerprint density at radius 3 is 2.56 bits per heavy atom. The van der Waals surface area contributed by atoms with Crippen molar-refractivity contribution in [3.63, 3.8) is 0 Å². The van der Waals surface area contributed by atoms with Crippen LogP contribution in [-0.4, -0.2) is 34.7 Å². The Bertz CT molecular complexity index is 1700. The Balaban J connectivity index is 1.33. The molecule has 10 heteroatoms. The van der Waals surface area contributed by atoms with Crippen molar-refractivity contribution in [1.29, 1.82) is 0 Å². The smallest absolute Gasteiger partial charge is 0.267 e. The summed E-state index contributed by atoms with van der Waals surface area (Å²) >= 11 is 1.18. The number of rotatable bonds is 10. The summed E-state index contributed by atoms with van der Waals surface area (Å²) in [6.07, 6.45) is 6.87. The number of para-hydroxylation sites is 1. The van der Waals surface area contributed by atoms with Gasteiger partial charge in [-0.1, -0.05) is 54.6 Å². The van der Waals surface area contributed by atoms with Gasteiger partial charge in [-0.3, -0.25) is 14.5 Å². The number of hydrogen-bond donors (Lipinski definition) is 1. The molecule has 2 amide bonds. The Labute approximate surface area is 252 Å². The Morgan fingerprint density at radius 1 is 1.02 bits per heavy atom. The number of hydrogen-bond acceptors (Lipinski definition) is 7. The molecule has 0 spiro atoms. The summed E-state index contributed by atoms with van der Waals surface area (Å²) in [7, 11) is 0. The predicted molar refractivity (Wildman–Crippen MR) is 168 cm³/mol. The molecule has 0 atom stereocenters. The van der Waals surface area contributed by atoms with Gasteiger partial charge in [0.25, 0.3) is 11.8 Å². The van der Waals surface area contributed by atoms with Crippen molar-refractivity contribution in [1.82, 2.24) is 4.90 Å². The molecule has 0 unspecified atom stereocenters. The standard InChI is InChI=1S/C33H27FN4O4S/c1-23(18-24-8-3-2-4-9-24)20-35-37-33-38(21-28-11-7-17-41-28)32(40)30(43-33)19-25-10-5-6-12-29(25)42-22-31(39)36-27-15-13-26(34)14-16-27/h2-20H,21-22H2,1H3,(H,36,39)/b23-18+,30-19-,35-20-,37-33+. The van der Waals surface area contributed by atoms with Gasteiger partial charge in [0, 0.05) is 11.3 Å². The van der Waals surface area contributed by atoms with Gasteiger partial charge in [-0.05, 0) is 78.4 Å². The number of anilines is 1. The number of amidine groups is 1. The van der Waals surface area contributed by atoms with E-state index in [0.717, 1.165) is 11.1 Å². The van der Waals surface area contributed by atoms with Crippen LogP contribution in [0.25, 0.3) is 12.2 Å². The largest absolute Gasteiger partial charge is 0.483 e. The van der Waals surface area contributed by atoms with Crippen molar-refractivity contribution in [3.8, 4) is 5.75 Å². The third-order valence-corrected chi connectivity index (χ3v) is 7.07. The fourth-order valence-electron chi connectivity index (χ4n) is 4.05. The molecule has 4 aromatic rings. The van der Waals surface area contributed by atoms with Crippen LogP contribution in [0.4, 0.5) is 10.1 Å². The number of carbonyl (C=O) groups is 2. The lowest BCUT2D eigenvalue weighted by Gasteiger charge is -2.12. The normalized spacial score (nSPS) is 15.5. The Morgan fingerprint density at radius 2 is 1.79 bits per heavy atom. The van der Waals surface area contributed by atoms with Crippen molar-refractivity contribution in [2.45, 2.75) is 13.5 Å². The zero-order valence-electron chi connectivity index (χ0n) is 23.1. The van der Waals surface area contributed by atoms with E-state index in [4.69, 9.17) is 9.15 Å². The molecule has 8 nitrogen and oxygen atoms in total. The second-order valence-electron chi connectivity index (χ2n) is 9.39. The first-order valence-electron chi connectivity index (χ1n) is 13.3. The summed E-state index contributed by atoms with van der Waals surface area (Å²) in [5, 5.41) is 11.7. The molecule has 0 radical (unpaired) electrons. The van der Waals surface area contributed by atoms with E-state index in [2.05, 4.69) is 15.5 Å². The molecule has 1 fully saturated rings. The summed E-state index contributed by atoms with van der Waals surface area (Å²) in [6.45, 7) is 1.83. The second-order valence-corrected chi connectivity index (χ2v) is 10.4. The minimum absolute atomic E-state index is 0.186. The van der Waals surface area contributed by atoms with Gasteiger partial charge < -0.3 is 14.5 Å². The average molecular weight is 595 g/mol. The van der Waals surface area contributed by atoms with Crippen LogP contribution in [0.3, 0.4) is 0 Å². The predicted octanol–water partition coefficient (Wildman–Crippen LogP) is 7.00. The van der Waals surface area contributed by atoms with E-state index >= 15 is 0 Å². The van der Waals surface area contributed by atoms with E-state index in [9.17, 15) is 14.0 Å². The number of halogens is 1. The number of carbonyl (C=O) groups excluding carboxylic acids is 2. The number of nitrogens with zero attached hydrogens (tertiary/aromatic N) is 3. The number of thioether (sulfide) groups is 1. The van der Waals surface area contributed by atoms with Crippen molar-refractivity contribution in [3.05, 3.63) is 130 Å². The first kappa shape index (κ1) is 29.3. The zero-order valence-corrected chi connectivity index (χ0v) is 24.0. The van der Waals surface area contributed by atoms with Crippen LogP contribution in [0, 0.1) is 5.82 Å². The SMILES string of the molecule is CC(/C=N\N=C1\S/C(=C\c2ccccc2OCC(=O)Nc2ccc(F)cc2)C(=O)N1Cc1ccco1)=C\c1ccccc1. The lowest BCUT2D eigenvalue weighted by molar-refractivity contribution is -0.122. The molecule has 1 aromatic heterocycles. The van der Waals surface area contributed by atoms with E-state index in [1.165, 1.54) is 40.9 Å². The Hall–Kier alpha value is -5.22. The molecule has 1 aliphatic heterocycles. The second kappa shape index (κ2) is 14.1. The summed E-state index contributed by atoms with van der Waals surface area (Å²) in [4.78, 5) is 27.8. The van der Waals surface area contributed by atoms with Gasteiger partial charge in [-0.15, -0.1) is 5.10 Å². The Kier molecular flexibility index (Phi) is 9.60. The molecule has 1 saturated heterocycles. The maximum atomic E-state index is 13.5. The van der Waals surface area contributed by atoms with Gasteiger partial charge in [0.1, 0.15) is 17.3 Å². The maximum absolute atomic E-state index is 13.5. The molecule has 3 aromatic carbocycles. The van der Waals surface area contributed by atoms with Gasteiger partial charge in [-0.2, -0.15) is 5.10 Å². The van der Waals surface area contributed by atoms with Crippen LogP contribution >= 0.6 is 11.8 Å². The third-order valence-electron chi connectivity index (χ3n) is 6.07. The van der Waals surface area contributed by atoms with Crippen LogP contribution in [0.15, 0.2) is 122 Å². The highest BCUT2D eigenvalue weighted by atomic mass is 32.2. The van der Waals surface area contributed by atoms with Crippen molar-refractivity contribution < 1.29 is 23.1 Å². The minimum atomic E-state index is -0.408. The van der Waals surface area contributed by atoms with Crippen LogP contribution < -0.4 is 10.1 Å². The molecule has 1 aliphatic rings. The lowest BCUT2D eigenvalue weighted by Crippen LogP contribution is -2.28. The number of nitrogens with one attached hydrogen (secondary N) is 1. The highest BCUT2D eigenvalue weighted by molar-refractivity contribution is 8.18. The molecule has 216 valence electrons. The molecule has 1 N–H and O–H groups in total. The first-order valence-corrected chi connectivity index (χ1v) is 14.1. The van der Waals surface area contributed by atoms with Crippen LogP contribution in [0.2, 0.25) is 0 Å². The van der Waals surface area contributed by atoms with Crippen LogP contribution in [0.1, 0.15) is 23.8 Å². The van der Waals surface area contributed by atoms with Crippen LogP contribution in [-0.2, 0) is 16.1 Å². The summed E-state index contributed by atoms with van der Waals surface area (Å²) in [5.41, 5.74) is 3.00. The summed E-state index contributed by atoms with van der Waals surface area (Å²) in [5.74, 6) is -0.0545. The quantitative estimate of drug-likeness (QED) is 0.121. The van der Waals surface area contributed by atoms with E-state index < -0.39 is 11.7 Å². The van der Waals surface area contributed by atoms with E-state index in [-0.39, 0.29) is 19.1 Å². The highest BCUT2D eigenvalue weighted by Crippen LogP contribution is 2.35. The molecule has 2 heterocycles. The molecule has 43 heavy (non-hydrogen) atoms. The molecular formula is C33H27FN4O4S. The maximum Gasteiger partial charge on any atom is 0.267 e. The number of allylic oxidation sites excluding steroid dienone is 1. The van der Waals surface area contributed by atoms with Gasteiger partial charge in [0.15, 0.2) is 11.8 Å². The fraction of sp³-hybridized carbons (Fsp3) is 0.0909. The van der Waals surface area contributed by atoms with E-state index in [1.807, 2.05) is 49.4 Å². The molecule has 0 saturated carbocycles. The number of benzene rings is 3.